The van der Waals surface area contributed by atoms with Gasteiger partial charge in [-0.25, -0.2) is 0 Å². The second-order valence-corrected chi connectivity index (χ2v) is 17.8. The smallest absolute Gasteiger partial charge is 0.306 e. The molecule has 0 aromatic carbocycles. The van der Waals surface area contributed by atoms with E-state index in [1.54, 1.807) is 0 Å². The fourth-order valence-electron chi connectivity index (χ4n) is 7.76. The van der Waals surface area contributed by atoms with E-state index in [-0.39, 0.29) is 25.2 Å². The van der Waals surface area contributed by atoms with Gasteiger partial charge in [0.25, 0.3) is 0 Å². The maximum absolute atomic E-state index is 12.8. The minimum atomic E-state index is -0.536. The first kappa shape index (κ1) is 58.1. The summed E-state index contributed by atoms with van der Waals surface area (Å²) in [6, 6.07) is 0. The summed E-state index contributed by atoms with van der Waals surface area (Å²) in [7, 11) is 0. The van der Waals surface area contributed by atoms with Crippen LogP contribution < -0.4 is 0 Å². The zero-order valence-corrected chi connectivity index (χ0v) is 40.5. The molecule has 0 bridgehead atoms. The van der Waals surface area contributed by atoms with Crippen LogP contribution in [0.1, 0.15) is 278 Å². The Hall–Kier alpha value is -1.88. The summed E-state index contributed by atoms with van der Waals surface area (Å²) in [5, 5.41) is 0. The Morgan fingerprint density at radius 3 is 1.20 bits per heavy atom. The number of hydrogen-bond acceptors (Lipinski definition) is 5. The Bertz CT molecular complexity index is 955. The van der Waals surface area contributed by atoms with Crippen LogP contribution in [0.4, 0.5) is 0 Å². The third-order valence-corrected chi connectivity index (χ3v) is 11.7. The second-order valence-electron chi connectivity index (χ2n) is 17.8. The van der Waals surface area contributed by atoms with Gasteiger partial charge in [0.1, 0.15) is 6.61 Å². The monoisotopic (exact) mass is 843 g/mol. The fraction of sp³-hybridized carbons (Fsp3) is 0.855. The zero-order valence-electron chi connectivity index (χ0n) is 40.5. The predicted octanol–water partition coefficient (Wildman–Crippen LogP) is 17.8. The van der Waals surface area contributed by atoms with Gasteiger partial charge in [0.05, 0.1) is 6.61 Å². The van der Waals surface area contributed by atoms with Crippen molar-refractivity contribution in [3.8, 4) is 0 Å². The first-order chi connectivity index (χ1) is 29.6. The van der Waals surface area contributed by atoms with Crippen LogP contribution in [0.5, 0.6) is 0 Å². The van der Waals surface area contributed by atoms with Gasteiger partial charge in [0.15, 0.2) is 6.10 Å². The Balaban J connectivity index is 4.24. The van der Waals surface area contributed by atoms with E-state index in [0.717, 1.165) is 64.2 Å². The molecule has 0 aliphatic heterocycles. The maximum atomic E-state index is 12.8. The Morgan fingerprint density at radius 1 is 0.383 bits per heavy atom. The molecule has 1 atom stereocenters. The molecule has 0 unspecified atom stereocenters. The average Bonchev–Trinajstić information content (AvgIpc) is 3.25. The molecule has 0 spiro atoms. The number of allylic oxidation sites excluding steroid dienone is 6. The minimum Gasteiger partial charge on any atom is -0.462 e. The van der Waals surface area contributed by atoms with Gasteiger partial charge in [-0.2, -0.15) is 0 Å². The normalized spacial score (nSPS) is 12.4. The summed E-state index contributed by atoms with van der Waals surface area (Å²) in [5.41, 5.74) is 0. The first-order valence-electron chi connectivity index (χ1n) is 26.5. The van der Waals surface area contributed by atoms with Gasteiger partial charge in [-0.3, -0.25) is 9.59 Å². The number of unbranched alkanes of at least 4 members (excludes halogenated alkanes) is 32. The Morgan fingerprint density at radius 2 is 0.750 bits per heavy atom. The molecule has 5 heteroatoms. The highest BCUT2D eigenvalue weighted by atomic mass is 16.6. The van der Waals surface area contributed by atoms with Crippen LogP contribution in [0.2, 0.25) is 0 Å². The van der Waals surface area contributed by atoms with Crippen molar-refractivity contribution in [2.75, 3.05) is 19.8 Å². The minimum absolute atomic E-state index is 0.0824. The Kier molecular flexibility index (Phi) is 49.9. The van der Waals surface area contributed by atoms with Crippen molar-refractivity contribution >= 4 is 11.9 Å². The third-order valence-electron chi connectivity index (χ3n) is 11.7. The van der Waals surface area contributed by atoms with Gasteiger partial charge in [0.2, 0.25) is 0 Å². The lowest BCUT2D eigenvalue weighted by Gasteiger charge is -2.18. The Labute approximate surface area is 374 Å². The average molecular weight is 843 g/mol. The zero-order chi connectivity index (χ0) is 43.5. The third kappa shape index (κ3) is 48.8. The van der Waals surface area contributed by atoms with Gasteiger partial charge in [-0.15, -0.1) is 0 Å². The molecule has 0 radical (unpaired) electrons. The molecule has 0 aromatic heterocycles. The molecular formula is C55H102O5. The number of hydrogen-bond donors (Lipinski definition) is 0. The molecule has 352 valence electrons. The van der Waals surface area contributed by atoms with E-state index in [0.29, 0.717) is 19.4 Å². The molecular weight excluding hydrogens is 741 g/mol. The highest BCUT2D eigenvalue weighted by molar-refractivity contribution is 5.70. The van der Waals surface area contributed by atoms with E-state index < -0.39 is 6.10 Å². The van der Waals surface area contributed by atoms with Crippen LogP contribution in [-0.2, 0) is 23.8 Å². The van der Waals surface area contributed by atoms with Gasteiger partial charge >= 0.3 is 11.9 Å². The lowest BCUT2D eigenvalue weighted by atomic mass is 10.0. The SMILES string of the molecule is CC/C=C\C/C=C\C/C=C\CCCCCCCC(=O)OC[C@@H](COCCCCCCCCCCCCCCCCCC)OC(=O)CCCCCCCCCCCCCCC. The maximum Gasteiger partial charge on any atom is 0.306 e. The summed E-state index contributed by atoms with van der Waals surface area (Å²) >= 11 is 0. The van der Waals surface area contributed by atoms with Crippen molar-refractivity contribution in [1.29, 1.82) is 0 Å². The van der Waals surface area contributed by atoms with E-state index in [2.05, 4.69) is 57.2 Å². The van der Waals surface area contributed by atoms with E-state index in [9.17, 15) is 9.59 Å². The number of rotatable bonds is 49. The van der Waals surface area contributed by atoms with Crippen molar-refractivity contribution in [2.24, 2.45) is 0 Å². The number of carbonyl (C=O) groups excluding carboxylic acids is 2. The van der Waals surface area contributed by atoms with Crippen molar-refractivity contribution < 1.29 is 23.8 Å². The largest absolute Gasteiger partial charge is 0.462 e. The molecule has 0 N–H and O–H groups in total. The highest BCUT2D eigenvalue weighted by Gasteiger charge is 2.17. The van der Waals surface area contributed by atoms with Crippen LogP contribution in [0.3, 0.4) is 0 Å². The van der Waals surface area contributed by atoms with Gasteiger partial charge < -0.3 is 14.2 Å². The van der Waals surface area contributed by atoms with Gasteiger partial charge in [-0.1, -0.05) is 250 Å². The van der Waals surface area contributed by atoms with E-state index in [4.69, 9.17) is 14.2 Å². The van der Waals surface area contributed by atoms with Gasteiger partial charge in [0, 0.05) is 19.4 Å². The summed E-state index contributed by atoms with van der Waals surface area (Å²) in [4.78, 5) is 25.4. The number of carbonyl (C=O) groups is 2. The summed E-state index contributed by atoms with van der Waals surface area (Å²) < 4.78 is 17.4. The van der Waals surface area contributed by atoms with E-state index in [1.807, 2.05) is 0 Å². The van der Waals surface area contributed by atoms with Crippen LogP contribution in [0.25, 0.3) is 0 Å². The van der Waals surface area contributed by atoms with Crippen LogP contribution >= 0.6 is 0 Å². The lowest BCUT2D eigenvalue weighted by Crippen LogP contribution is -2.30. The van der Waals surface area contributed by atoms with Gasteiger partial charge in [-0.05, 0) is 51.4 Å². The summed E-state index contributed by atoms with van der Waals surface area (Å²) in [6.45, 7) is 7.75. The highest BCUT2D eigenvalue weighted by Crippen LogP contribution is 2.16. The lowest BCUT2D eigenvalue weighted by molar-refractivity contribution is -0.163. The van der Waals surface area contributed by atoms with Crippen molar-refractivity contribution in [3.05, 3.63) is 36.5 Å². The molecule has 60 heavy (non-hydrogen) atoms. The molecule has 0 heterocycles. The number of ether oxygens (including phenoxy) is 3. The molecule has 0 rings (SSSR count). The van der Waals surface area contributed by atoms with Crippen LogP contribution in [0, 0.1) is 0 Å². The topological polar surface area (TPSA) is 61.8 Å². The van der Waals surface area contributed by atoms with Crippen molar-refractivity contribution in [3.63, 3.8) is 0 Å². The van der Waals surface area contributed by atoms with Crippen molar-refractivity contribution in [2.45, 2.75) is 284 Å². The molecule has 0 aromatic rings. The molecule has 0 saturated carbocycles. The molecule has 0 aliphatic rings. The van der Waals surface area contributed by atoms with Crippen LogP contribution in [0.15, 0.2) is 36.5 Å². The summed E-state index contributed by atoms with van der Waals surface area (Å²) in [5.74, 6) is -0.400. The molecule has 5 nitrogen and oxygen atoms in total. The fourth-order valence-corrected chi connectivity index (χ4v) is 7.76. The molecule has 0 aliphatic carbocycles. The standard InChI is InChI=1S/C55H102O5/c1-4-7-10-13-16-19-22-25-27-29-32-35-38-41-44-47-50-58-51-53(60-55(57)49-46-43-40-37-34-30-24-21-18-15-12-9-6-3)52-59-54(56)48-45-42-39-36-33-31-28-26-23-20-17-14-11-8-5-2/h8,11,17,20,26,28,53H,4-7,9-10,12-16,18-19,21-25,27,29-52H2,1-3H3/b11-8-,20-17-,28-26-/t53-/m1/s1. The van der Waals surface area contributed by atoms with Crippen molar-refractivity contribution in [1.82, 2.24) is 0 Å². The van der Waals surface area contributed by atoms with Crippen LogP contribution in [-0.4, -0.2) is 37.9 Å². The summed E-state index contributed by atoms with van der Waals surface area (Å²) in [6.07, 6.45) is 61.5. The number of esters is 2. The molecule has 0 fully saturated rings. The predicted molar refractivity (Wildman–Crippen MR) is 261 cm³/mol. The van der Waals surface area contributed by atoms with E-state index >= 15 is 0 Å². The quantitative estimate of drug-likeness (QED) is 0.0347. The second kappa shape index (κ2) is 51.5. The molecule has 0 saturated heterocycles. The molecule has 0 amide bonds. The first-order valence-corrected chi connectivity index (χ1v) is 26.5. The van der Waals surface area contributed by atoms with E-state index in [1.165, 1.54) is 180 Å².